The molecule has 0 atom stereocenters. The van der Waals surface area contributed by atoms with Crippen molar-refractivity contribution in [2.24, 2.45) is 0 Å². The number of nitrogens with one attached hydrogen (secondary N) is 2. The predicted molar refractivity (Wildman–Crippen MR) is 117 cm³/mol. The molecule has 3 rings (SSSR count). The monoisotopic (exact) mass is 486 g/mol. The summed E-state index contributed by atoms with van der Waals surface area (Å²) in [6.45, 7) is 0.257. The number of amides is 1. The maximum absolute atomic E-state index is 12.6. The molecule has 30 heavy (non-hydrogen) atoms. The van der Waals surface area contributed by atoms with Crippen LogP contribution in [0.5, 0.6) is 5.75 Å². The largest absolute Gasteiger partial charge is 0.492 e. The number of nitrogens with zero attached hydrogens (tertiary/aromatic N) is 2. The van der Waals surface area contributed by atoms with Gasteiger partial charge in [0, 0.05) is 23.0 Å². The number of hydrogen-bond donors (Lipinski definition) is 2. The normalized spacial score (nSPS) is 11.1. The molecule has 8 nitrogen and oxygen atoms in total. The van der Waals surface area contributed by atoms with E-state index in [1.54, 1.807) is 30.3 Å². The summed E-state index contributed by atoms with van der Waals surface area (Å²) in [4.78, 5) is 16.0. The summed E-state index contributed by atoms with van der Waals surface area (Å²) in [6, 6.07) is 11.0. The summed E-state index contributed by atoms with van der Waals surface area (Å²) in [6.07, 6.45) is 1.78. The van der Waals surface area contributed by atoms with Crippen molar-refractivity contribution in [3.05, 3.63) is 58.8 Å². The Labute approximate surface area is 187 Å². The summed E-state index contributed by atoms with van der Waals surface area (Å²) < 4.78 is 36.8. The van der Waals surface area contributed by atoms with Gasteiger partial charge in [-0.1, -0.05) is 35.3 Å². The standard InChI is InChI=1S/C18H16Cl2N4O4S2/c19-12-7-8-15(13(20)10-12)28-9-3-6-17(25)23-14-4-1-2-5-16(14)30(26,27)24-18-21-11-22-29-18/h1-2,4-5,7-8,10-11H,3,6,9H2,(H,23,25)(H,21,22,24). The highest BCUT2D eigenvalue weighted by Crippen LogP contribution is 2.28. The quantitative estimate of drug-likeness (QED) is 0.432. The lowest BCUT2D eigenvalue weighted by Crippen LogP contribution is -2.18. The molecule has 2 aromatic carbocycles. The molecule has 3 aromatic rings. The van der Waals surface area contributed by atoms with E-state index >= 15 is 0 Å². The lowest BCUT2D eigenvalue weighted by Gasteiger charge is -2.12. The fourth-order valence-corrected chi connectivity index (χ4v) is 4.70. The Balaban J connectivity index is 1.56. The van der Waals surface area contributed by atoms with Crippen LogP contribution in [0.3, 0.4) is 0 Å². The van der Waals surface area contributed by atoms with Gasteiger partial charge >= 0.3 is 0 Å². The third-order valence-corrected chi connectivity index (χ3v) is 6.37. The molecule has 12 heteroatoms. The molecule has 0 unspecified atom stereocenters. The molecule has 0 bridgehead atoms. The van der Waals surface area contributed by atoms with Crippen molar-refractivity contribution in [2.45, 2.75) is 17.7 Å². The summed E-state index contributed by atoms with van der Waals surface area (Å²) in [5.41, 5.74) is 0.168. The van der Waals surface area contributed by atoms with Gasteiger partial charge in [-0.3, -0.25) is 9.52 Å². The summed E-state index contributed by atoms with van der Waals surface area (Å²) >= 11 is 12.8. The van der Waals surface area contributed by atoms with Crippen LogP contribution in [0.2, 0.25) is 10.0 Å². The van der Waals surface area contributed by atoms with E-state index in [1.165, 1.54) is 18.5 Å². The van der Waals surface area contributed by atoms with Gasteiger partial charge in [-0.05, 0) is 36.8 Å². The summed E-state index contributed by atoms with van der Waals surface area (Å²) in [5, 5.41) is 3.64. The van der Waals surface area contributed by atoms with E-state index < -0.39 is 10.0 Å². The first-order chi connectivity index (χ1) is 14.3. The Morgan fingerprint density at radius 2 is 1.97 bits per heavy atom. The van der Waals surface area contributed by atoms with Gasteiger partial charge in [-0.2, -0.15) is 4.37 Å². The van der Waals surface area contributed by atoms with Crippen LogP contribution < -0.4 is 14.8 Å². The van der Waals surface area contributed by atoms with E-state index in [0.717, 1.165) is 11.5 Å². The Morgan fingerprint density at radius 3 is 2.70 bits per heavy atom. The second-order valence-corrected chi connectivity index (χ2v) is 9.20. The molecule has 1 amide bonds. The zero-order valence-electron chi connectivity index (χ0n) is 15.3. The number of rotatable bonds is 9. The number of ether oxygens (including phenoxy) is 1. The van der Waals surface area contributed by atoms with Crippen LogP contribution in [0.1, 0.15) is 12.8 Å². The number of sulfonamides is 1. The average Bonchev–Trinajstić information content (AvgIpc) is 3.19. The molecule has 1 aromatic heterocycles. The molecule has 2 N–H and O–H groups in total. The lowest BCUT2D eigenvalue weighted by atomic mass is 10.2. The molecule has 1 heterocycles. The average molecular weight is 487 g/mol. The lowest BCUT2D eigenvalue weighted by molar-refractivity contribution is -0.116. The Hall–Kier alpha value is -2.40. The first-order valence-electron chi connectivity index (χ1n) is 8.61. The van der Waals surface area contributed by atoms with Crippen LogP contribution in [0.15, 0.2) is 53.7 Å². The Kier molecular flexibility index (Phi) is 7.48. The van der Waals surface area contributed by atoms with E-state index in [2.05, 4.69) is 19.4 Å². The molecule has 0 aliphatic rings. The van der Waals surface area contributed by atoms with E-state index in [0.29, 0.717) is 22.2 Å². The Morgan fingerprint density at radius 1 is 1.17 bits per heavy atom. The summed E-state index contributed by atoms with van der Waals surface area (Å²) in [7, 11) is -3.94. The van der Waals surface area contributed by atoms with Crippen molar-refractivity contribution in [1.29, 1.82) is 0 Å². The minimum atomic E-state index is -3.94. The van der Waals surface area contributed by atoms with E-state index in [4.69, 9.17) is 27.9 Å². The van der Waals surface area contributed by atoms with Crippen molar-refractivity contribution in [2.75, 3.05) is 16.6 Å². The van der Waals surface area contributed by atoms with Crippen LogP contribution in [-0.2, 0) is 14.8 Å². The molecular formula is C18H16Cl2N4O4S2. The predicted octanol–water partition coefficient (Wildman–Crippen LogP) is 4.44. The van der Waals surface area contributed by atoms with Crippen LogP contribution in [-0.4, -0.2) is 30.3 Å². The van der Waals surface area contributed by atoms with Crippen molar-refractivity contribution in [3.63, 3.8) is 0 Å². The number of aromatic nitrogens is 2. The van der Waals surface area contributed by atoms with Crippen molar-refractivity contribution < 1.29 is 17.9 Å². The third kappa shape index (κ3) is 6.05. The van der Waals surface area contributed by atoms with Gasteiger partial charge in [0.2, 0.25) is 11.0 Å². The van der Waals surface area contributed by atoms with Gasteiger partial charge < -0.3 is 10.1 Å². The number of halogens is 2. The van der Waals surface area contributed by atoms with Crippen molar-refractivity contribution >= 4 is 61.5 Å². The third-order valence-electron chi connectivity index (χ3n) is 3.73. The van der Waals surface area contributed by atoms with Crippen molar-refractivity contribution in [3.8, 4) is 5.75 Å². The molecule has 0 aliphatic carbocycles. The van der Waals surface area contributed by atoms with E-state index in [-0.39, 0.29) is 34.6 Å². The van der Waals surface area contributed by atoms with E-state index in [9.17, 15) is 13.2 Å². The van der Waals surface area contributed by atoms with Crippen LogP contribution >= 0.6 is 34.7 Å². The van der Waals surface area contributed by atoms with Gasteiger partial charge in [-0.25, -0.2) is 13.4 Å². The molecule has 0 aliphatic heterocycles. The van der Waals surface area contributed by atoms with Gasteiger partial charge in [0.1, 0.15) is 17.0 Å². The molecule has 158 valence electrons. The second kappa shape index (κ2) is 10.1. The smallest absolute Gasteiger partial charge is 0.265 e. The van der Waals surface area contributed by atoms with Crippen LogP contribution in [0.25, 0.3) is 0 Å². The first kappa shape index (κ1) is 22.3. The highest BCUT2D eigenvalue weighted by Gasteiger charge is 2.20. The van der Waals surface area contributed by atoms with Gasteiger partial charge in [0.05, 0.1) is 17.3 Å². The topological polar surface area (TPSA) is 110 Å². The number of para-hydroxylation sites is 1. The van der Waals surface area contributed by atoms with Gasteiger partial charge in [-0.15, -0.1) is 0 Å². The SMILES string of the molecule is O=C(CCCOc1ccc(Cl)cc1Cl)Nc1ccccc1S(=O)(=O)Nc1ncns1. The second-order valence-electron chi connectivity index (χ2n) is 5.92. The number of benzene rings is 2. The Bertz CT molecular complexity index is 1120. The minimum absolute atomic E-state index is 0.0715. The van der Waals surface area contributed by atoms with Gasteiger partial charge in [0.15, 0.2) is 0 Å². The fourth-order valence-electron chi connectivity index (χ4n) is 2.41. The number of hydrogen-bond acceptors (Lipinski definition) is 7. The first-order valence-corrected chi connectivity index (χ1v) is 11.6. The highest BCUT2D eigenvalue weighted by atomic mass is 35.5. The molecule has 0 fully saturated rings. The van der Waals surface area contributed by atoms with Gasteiger partial charge in [0.25, 0.3) is 10.0 Å². The zero-order chi connectivity index (χ0) is 21.6. The van der Waals surface area contributed by atoms with Crippen LogP contribution in [0, 0.1) is 0 Å². The molecule has 0 spiro atoms. The van der Waals surface area contributed by atoms with E-state index in [1.807, 2.05) is 0 Å². The maximum atomic E-state index is 12.6. The molecule has 0 saturated heterocycles. The van der Waals surface area contributed by atoms with Crippen LogP contribution in [0.4, 0.5) is 10.8 Å². The molecular weight excluding hydrogens is 471 g/mol. The highest BCUT2D eigenvalue weighted by molar-refractivity contribution is 7.93. The fraction of sp³-hybridized carbons (Fsp3) is 0.167. The summed E-state index contributed by atoms with van der Waals surface area (Å²) in [5.74, 6) is 0.125. The maximum Gasteiger partial charge on any atom is 0.265 e. The molecule has 0 radical (unpaired) electrons. The number of carbonyl (C=O) groups is 1. The molecule has 0 saturated carbocycles. The van der Waals surface area contributed by atoms with Crippen molar-refractivity contribution in [1.82, 2.24) is 9.36 Å². The number of carbonyl (C=O) groups excluding carboxylic acids is 1. The number of anilines is 2. The minimum Gasteiger partial charge on any atom is -0.492 e. The zero-order valence-corrected chi connectivity index (χ0v) is 18.5.